The van der Waals surface area contributed by atoms with Gasteiger partial charge >= 0.3 is 6.16 Å². The summed E-state index contributed by atoms with van der Waals surface area (Å²) in [6.07, 6.45) is 5.45. The van der Waals surface area contributed by atoms with Crippen molar-refractivity contribution in [2.75, 3.05) is 6.61 Å². The monoisotopic (exact) mass is 356 g/mol. The molecule has 0 N–H and O–H groups in total. The van der Waals surface area contributed by atoms with E-state index in [2.05, 4.69) is 5.92 Å². The van der Waals surface area contributed by atoms with Crippen LogP contribution >= 0.6 is 0 Å². The van der Waals surface area contributed by atoms with Gasteiger partial charge in [-0.15, -0.1) is 12.3 Å². The fourth-order valence-corrected chi connectivity index (χ4v) is 2.81. The molecule has 0 aliphatic carbocycles. The molecule has 3 aromatic carbocycles. The lowest BCUT2D eigenvalue weighted by atomic mass is 9.97. The Hall–Kier alpha value is -3.51. The summed E-state index contributed by atoms with van der Waals surface area (Å²) >= 11 is 0. The van der Waals surface area contributed by atoms with Gasteiger partial charge < -0.3 is 9.47 Å². The Morgan fingerprint density at radius 1 is 0.889 bits per heavy atom. The molecule has 0 unspecified atom stereocenters. The summed E-state index contributed by atoms with van der Waals surface area (Å²) in [5.74, 6) is 2.95. The zero-order valence-corrected chi connectivity index (χ0v) is 14.9. The van der Waals surface area contributed by atoms with Crippen molar-refractivity contribution in [2.45, 2.75) is 12.8 Å². The van der Waals surface area contributed by atoms with Crippen molar-refractivity contribution >= 4 is 6.16 Å². The molecule has 3 nitrogen and oxygen atoms in total. The van der Waals surface area contributed by atoms with Crippen LogP contribution in [0.5, 0.6) is 5.75 Å². The number of ether oxygens (including phenoxy) is 2. The molecule has 134 valence electrons. The predicted octanol–water partition coefficient (Wildman–Crippen LogP) is 5.48. The van der Waals surface area contributed by atoms with Gasteiger partial charge in [-0.1, -0.05) is 78.9 Å². The molecule has 3 heteroatoms. The quantitative estimate of drug-likeness (QED) is 0.254. The number of para-hydroxylation sites is 1. The van der Waals surface area contributed by atoms with Crippen LogP contribution in [0.4, 0.5) is 4.79 Å². The van der Waals surface area contributed by atoms with Gasteiger partial charge in [0.2, 0.25) is 0 Å². The normalized spacial score (nSPS) is 10.0. The largest absolute Gasteiger partial charge is 0.513 e. The highest BCUT2D eigenvalue weighted by molar-refractivity contribution is 5.76. The maximum Gasteiger partial charge on any atom is 0.513 e. The third kappa shape index (κ3) is 4.99. The molecule has 0 aliphatic rings. The zero-order chi connectivity index (χ0) is 18.9. The second-order valence-electron chi connectivity index (χ2n) is 5.98. The highest BCUT2D eigenvalue weighted by Crippen LogP contribution is 2.34. The molecule has 3 rings (SSSR count). The lowest BCUT2D eigenvalue weighted by Gasteiger charge is -2.15. The number of benzene rings is 3. The van der Waals surface area contributed by atoms with Gasteiger partial charge in [-0.3, -0.25) is 0 Å². The highest BCUT2D eigenvalue weighted by Gasteiger charge is 2.16. The lowest BCUT2D eigenvalue weighted by molar-refractivity contribution is 0.101. The summed E-state index contributed by atoms with van der Waals surface area (Å²) in [6.45, 7) is 0.136. The van der Waals surface area contributed by atoms with Crippen molar-refractivity contribution in [1.82, 2.24) is 0 Å². The van der Waals surface area contributed by atoms with E-state index < -0.39 is 6.16 Å². The second-order valence-corrected chi connectivity index (χ2v) is 5.98. The first-order valence-electron chi connectivity index (χ1n) is 8.77. The third-order valence-corrected chi connectivity index (χ3v) is 4.07. The lowest BCUT2D eigenvalue weighted by Crippen LogP contribution is -2.13. The Kier molecular flexibility index (Phi) is 6.27. The first-order valence-corrected chi connectivity index (χ1v) is 8.77. The van der Waals surface area contributed by atoms with Gasteiger partial charge in [0.25, 0.3) is 0 Å². The standard InChI is InChI=1S/C24H20O3/c1-2-3-17-26-24(25)27-23-21(18-19-11-6-4-7-12-19)15-10-16-22(23)20-13-8-5-9-14-20/h1,4-16H,3,17-18H2. The van der Waals surface area contributed by atoms with Gasteiger partial charge in [-0.25, -0.2) is 4.79 Å². The molecule has 0 atom stereocenters. The minimum atomic E-state index is -0.747. The average Bonchev–Trinajstić information content (AvgIpc) is 2.71. The number of terminal acetylenes is 1. The van der Waals surface area contributed by atoms with Crippen molar-refractivity contribution < 1.29 is 14.3 Å². The number of hydrogen-bond donors (Lipinski definition) is 0. The Bertz CT molecular complexity index is 925. The van der Waals surface area contributed by atoms with Crippen molar-refractivity contribution in [3.05, 3.63) is 90.0 Å². The molecule has 0 bridgehead atoms. The summed E-state index contributed by atoms with van der Waals surface area (Å²) in [4.78, 5) is 12.2. The van der Waals surface area contributed by atoms with Gasteiger partial charge in [0.15, 0.2) is 0 Å². The van der Waals surface area contributed by atoms with Gasteiger partial charge in [0.1, 0.15) is 12.4 Å². The third-order valence-electron chi connectivity index (χ3n) is 4.07. The van der Waals surface area contributed by atoms with Crippen molar-refractivity contribution in [1.29, 1.82) is 0 Å². The molecule has 27 heavy (non-hydrogen) atoms. The fourth-order valence-electron chi connectivity index (χ4n) is 2.81. The van der Waals surface area contributed by atoms with Crippen molar-refractivity contribution in [2.24, 2.45) is 0 Å². The number of rotatable bonds is 6. The van der Waals surface area contributed by atoms with Crippen LogP contribution in [0.1, 0.15) is 17.5 Å². The van der Waals surface area contributed by atoms with Crippen LogP contribution in [-0.4, -0.2) is 12.8 Å². The van der Waals surface area contributed by atoms with Crippen LogP contribution in [0, 0.1) is 12.3 Å². The van der Waals surface area contributed by atoms with E-state index >= 15 is 0 Å². The van der Waals surface area contributed by atoms with E-state index in [1.54, 1.807) is 0 Å². The van der Waals surface area contributed by atoms with E-state index in [0.29, 0.717) is 18.6 Å². The molecule has 0 amide bonds. The SMILES string of the molecule is C#CCCOC(=O)Oc1c(Cc2ccccc2)cccc1-c1ccccc1. The average molecular weight is 356 g/mol. The molecule has 0 radical (unpaired) electrons. The Labute approximate surface area is 159 Å². The summed E-state index contributed by atoms with van der Waals surface area (Å²) in [5, 5.41) is 0. The van der Waals surface area contributed by atoms with Crippen LogP contribution in [0.2, 0.25) is 0 Å². The van der Waals surface area contributed by atoms with Crippen LogP contribution in [0.15, 0.2) is 78.9 Å². The van der Waals surface area contributed by atoms with E-state index in [4.69, 9.17) is 15.9 Å². The molecule has 0 spiro atoms. The molecule has 0 aromatic heterocycles. The van der Waals surface area contributed by atoms with Gasteiger partial charge in [0.05, 0.1) is 0 Å². The highest BCUT2D eigenvalue weighted by atomic mass is 16.7. The molecule has 3 aromatic rings. The van der Waals surface area contributed by atoms with Gasteiger partial charge in [-0.2, -0.15) is 0 Å². The van der Waals surface area contributed by atoms with Crippen LogP contribution in [0.3, 0.4) is 0 Å². The van der Waals surface area contributed by atoms with Crippen molar-refractivity contribution in [3.8, 4) is 29.2 Å². The Balaban J connectivity index is 1.95. The smallest absolute Gasteiger partial charge is 0.433 e. The summed E-state index contributed by atoms with van der Waals surface area (Å²) in [7, 11) is 0. The van der Waals surface area contributed by atoms with E-state index in [9.17, 15) is 4.79 Å². The number of carbonyl (C=O) groups excluding carboxylic acids is 1. The predicted molar refractivity (Wildman–Crippen MR) is 107 cm³/mol. The topological polar surface area (TPSA) is 35.5 Å². The van der Waals surface area contributed by atoms with E-state index in [0.717, 1.165) is 22.3 Å². The van der Waals surface area contributed by atoms with E-state index in [1.165, 1.54) is 0 Å². The molecule has 0 heterocycles. The molecule has 0 saturated carbocycles. The van der Waals surface area contributed by atoms with E-state index in [-0.39, 0.29) is 6.61 Å². The zero-order valence-electron chi connectivity index (χ0n) is 14.9. The first-order chi connectivity index (χ1) is 13.3. The van der Waals surface area contributed by atoms with Gasteiger partial charge in [0, 0.05) is 24.0 Å². The van der Waals surface area contributed by atoms with Crippen LogP contribution in [0.25, 0.3) is 11.1 Å². The molecule has 0 fully saturated rings. The second kappa shape index (κ2) is 9.26. The van der Waals surface area contributed by atoms with E-state index in [1.807, 2.05) is 78.9 Å². The van der Waals surface area contributed by atoms with Crippen LogP contribution < -0.4 is 4.74 Å². The molecular weight excluding hydrogens is 336 g/mol. The van der Waals surface area contributed by atoms with Crippen LogP contribution in [-0.2, 0) is 11.2 Å². The number of carbonyl (C=O) groups is 1. The maximum absolute atomic E-state index is 12.2. The first kappa shape index (κ1) is 18.3. The summed E-state index contributed by atoms with van der Waals surface area (Å²) < 4.78 is 10.7. The Morgan fingerprint density at radius 3 is 2.30 bits per heavy atom. The maximum atomic E-state index is 12.2. The minimum absolute atomic E-state index is 0.136. The summed E-state index contributed by atoms with van der Waals surface area (Å²) in [5.41, 5.74) is 3.86. The van der Waals surface area contributed by atoms with Gasteiger partial charge in [-0.05, 0) is 11.1 Å². The minimum Gasteiger partial charge on any atom is -0.433 e. The van der Waals surface area contributed by atoms with Crippen molar-refractivity contribution in [3.63, 3.8) is 0 Å². The molecule has 0 aliphatic heterocycles. The molecular formula is C24H20O3. The fraction of sp³-hybridized carbons (Fsp3) is 0.125. The number of hydrogen-bond acceptors (Lipinski definition) is 3. The summed E-state index contributed by atoms with van der Waals surface area (Å²) in [6, 6.07) is 25.7. The molecule has 0 saturated heterocycles. The Morgan fingerprint density at radius 2 is 1.59 bits per heavy atom.